The van der Waals surface area contributed by atoms with Crippen LogP contribution < -0.4 is 4.72 Å². The Morgan fingerprint density at radius 2 is 1.88 bits per heavy atom. The summed E-state index contributed by atoms with van der Waals surface area (Å²) >= 11 is 0. The van der Waals surface area contributed by atoms with E-state index >= 15 is 0 Å². The fraction of sp³-hybridized carbons (Fsp3) is 0.632. The molecule has 26 heavy (non-hydrogen) atoms. The highest BCUT2D eigenvalue weighted by Crippen LogP contribution is 2.34. The third-order valence-electron chi connectivity index (χ3n) is 5.61. The van der Waals surface area contributed by atoms with Crippen LogP contribution in [0.4, 0.5) is 0 Å². The van der Waals surface area contributed by atoms with Gasteiger partial charge in [0.15, 0.2) is 5.78 Å². The molecule has 0 bridgehead atoms. The third kappa shape index (κ3) is 4.34. The number of sulfonamides is 1. The normalized spacial score (nSPS) is 21.4. The van der Waals surface area contributed by atoms with Crippen LogP contribution in [0.2, 0.25) is 0 Å². The molecule has 1 saturated carbocycles. The zero-order chi connectivity index (χ0) is 18.6. The van der Waals surface area contributed by atoms with Crippen molar-refractivity contribution in [2.45, 2.75) is 49.5 Å². The van der Waals surface area contributed by atoms with Gasteiger partial charge in [-0.15, -0.1) is 0 Å². The van der Waals surface area contributed by atoms with Crippen molar-refractivity contribution in [3.05, 3.63) is 29.8 Å². The Hall–Kier alpha value is -1.28. The number of rotatable bonds is 6. The van der Waals surface area contributed by atoms with E-state index in [-0.39, 0.29) is 16.2 Å². The highest BCUT2D eigenvalue weighted by Gasteiger charge is 2.39. The summed E-state index contributed by atoms with van der Waals surface area (Å²) in [4.78, 5) is 14.1. The summed E-state index contributed by atoms with van der Waals surface area (Å²) < 4.78 is 33.9. The summed E-state index contributed by atoms with van der Waals surface area (Å²) in [6, 6.07) is 6.24. The van der Waals surface area contributed by atoms with Crippen LogP contribution in [0.25, 0.3) is 0 Å². The molecular weight excluding hydrogens is 352 g/mol. The van der Waals surface area contributed by atoms with Gasteiger partial charge in [0.2, 0.25) is 10.0 Å². The first kappa shape index (κ1) is 19.5. The summed E-state index contributed by atoms with van der Waals surface area (Å²) in [6.07, 6.45) is 5.46. The second-order valence-corrected chi connectivity index (χ2v) is 9.06. The highest BCUT2D eigenvalue weighted by atomic mass is 32.2. The molecule has 2 fully saturated rings. The Morgan fingerprint density at radius 3 is 2.54 bits per heavy atom. The van der Waals surface area contributed by atoms with Gasteiger partial charge in [0.1, 0.15) is 0 Å². The van der Waals surface area contributed by atoms with Crippen molar-refractivity contribution in [3.63, 3.8) is 0 Å². The van der Waals surface area contributed by atoms with Crippen molar-refractivity contribution in [1.82, 2.24) is 9.62 Å². The summed E-state index contributed by atoms with van der Waals surface area (Å²) in [6.45, 7) is 4.95. The summed E-state index contributed by atoms with van der Waals surface area (Å²) in [7, 11) is -3.65. The minimum Gasteiger partial charge on any atom is -0.379 e. The Labute approximate surface area is 156 Å². The average Bonchev–Trinajstić information content (AvgIpc) is 2.68. The molecule has 0 spiro atoms. The van der Waals surface area contributed by atoms with Gasteiger partial charge in [0.05, 0.1) is 18.1 Å². The number of carbonyl (C=O) groups excluding carboxylic acids is 1. The molecule has 3 rings (SSSR count). The molecule has 1 aromatic carbocycles. The van der Waals surface area contributed by atoms with Gasteiger partial charge in [-0.25, -0.2) is 13.1 Å². The molecule has 6 nitrogen and oxygen atoms in total. The highest BCUT2D eigenvalue weighted by molar-refractivity contribution is 7.89. The molecule has 0 atom stereocenters. The van der Waals surface area contributed by atoms with E-state index in [9.17, 15) is 13.2 Å². The SMILES string of the molecule is CC(=O)c1cccc(S(=O)(=O)NCC2(N3CCOCC3)CCCCC2)c1. The fourth-order valence-electron chi connectivity index (χ4n) is 4.05. The molecule has 7 heteroatoms. The summed E-state index contributed by atoms with van der Waals surface area (Å²) in [5, 5.41) is 0. The van der Waals surface area contributed by atoms with E-state index in [0.717, 1.165) is 38.8 Å². The van der Waals surface area contributed by atoms with E-state index in [1.165, 1.54) is 25.5 Å². The number of ether oxygens (including phenoxy) is 1. The number of carbonyl (C=O) groups is 1. The minimum atomic E-state index is -3.65. The van der Waals surface area contributed by atoms with Crippen LogP contribution in [0.3, 0.4) is 0 Å². The number of hydrogen-bond donors (Lipinski definition) is 1. The Bertz CT molecular complexity index is 736. The van der Waals surface area contributed by atoms with E-state index in [4.69, 9.17) is 4.74 Å². The number of nitrogens with zero attached hydrogens (tertiary/aromatic N) is 1. The standard InChI is InChI=1S/C19H28N2O4S/c1-16(22)17-6-5-7-18(14-17)26(23,24)20-15-19(8-3-2-4-9-19)21-10-12-25-13-11-21/h5-7,14,20H,2-4,8-13,15H2,1H3. The van der Waals surface area contributed by atoms with Crippen LogP contribution in [0.5, 0.6) is 0 Å². The molecule has 1 heterocycles. The van der Waals surface area contributed by atoms with Gasteiger partial charge in [-0.3, -0.25) is 9.69 Å². The van der Waals surface area contributed by atoms with Crippen molar-refractivity contribution in [1.29, 1.82) is 0 Å². The van der Waals surface area contributed by atoms with Crippen LogP contribution in [0.15, 0.2) is 29.2 Å². The molecule has 144 valence electrons. The zero-order valence-electron chi connectivity index (χ0n) is 15.4. The van der Waals surface area contributed by atoms with Gasteiger partial charge in [-0.1, -0.05) is 31.4 Å². The number of hydrogen-bond acceptors (Lipinski definition) is 5. The van der Waals surface area contributed by atoms with Crippen LogP contribution in [-0.4, -0.2) is 57.5 Å². The fourth-order valence-corrected chi connectivity index (χ4v) is 5.21. The van der Waals surface area contributed by atoms with E-state index in [1.807, 2.05) is 0 Å². The average molecular weight is 381 g/mol. The quantitative estimate of drug-likeness (QED) is 0.766. The molecular formula is C19H28N2O4S. The molecule has 1 N–H and O–H groups in total. The molecule has 2 aliphatic rings. The zero-order valence-corrected chi connectivity index (χ0v) is 16.2. The molecule has 1 aliphatic heterocycles. The lowest BCUT2D eigenvalue weighted by Gasteiger charge is -2.48. The van der Waals surface area contributed by atoms with Crippen molar-refractivity contribution in [2.24, 2.45) is 0 Å². The predicted molar refractivity (Wildman–Crippen MR) is 99.8 cm³/mol. The van der Waals surface area contributed by atoms with Crippen molar-refractivity contribution in [3.8, 4) is 0 Å². The lowest BCUT2D eigenvalue weighted by molar-refractivity contribution is -0.0348. The lowest BCUT2D eigenvalue weighted by Crippen LogP contribution is -2.59. The van der Waals surface area contributed by atoms with E-state index in [1.54, 1.807) is 12.1 Å². The maximum absolute atomic E-state index is 12.8. The van der Waals surface area contributed by atoms with Crippen molar-refractivity contribution >= 4 is 15.8 Å². The number of morpholine rings is 1. The smallest absolute Gasteiger partial charge is 0.240 e. The molecule has 0 aromatic heterocycles. The maximum Gasteiger partial charge on any atom is 0.240 e. The number of nitrogens with one attached hydrogen (secondary N) is 1. The lowest BCUT2D eigenvalue weighted by atomic mass is 9.80. The monoisotopic (exact) mass is 380 g/mol. The second kappa shape index (κ2) is 8.17. The number of benzene rings is 1. The van der Waals surface area contributed by atoms with E-state index < -0.39 is 10.0 Å². The summed E-state index contributed by atoms with van der Waals surface area (Å²) in [5.41, 5.74) is 0.279. The van der Waals surface area contributed by atoms with Gasteiger partial charge in [0, 0.05) is 30.7 Å². The maximum atomic E-state index is 12.8. The number of Topliss-reactive ketones (excluding diaryl/α,β-unsaturated/α-hetero) is 1. The molecule has 0 unspecified atom stereocenters. The minimum absolute atomic E-state index is 0.132. The largest absolute Gasteiger partial charge is 0.379 e. The molecule has 1 aromatic rings. The predicted octanol–water partition coefficient (Wildman–Crippen LogP) is 2.20. The molecule has 0 amide bonds. The Kier molecular flexibility index (Phi) is 6.12. The summed E-state index contributed by atoms with van der Waals surface area (Å²) in [5.74, 6) is -0.140. The van der Waals surface area contributed by atoms with Crippen LogP contribution >= 0.6 is 0 Å². The van der Waals surface area contributed by atoms with Gasteiger partial charge in [-0.2, -0.15) is 0 Å². The third-order valence-corrected chi connectivity index (χ3v) is 7.01. The Balaban J connectivity index is 1.77. The van der Waals surface area contributed by atoms with Crippen LogP contribution in [0, 0.1) is 0 Å². The van der Waals surface area contributed by atoms with E-state index in [0.29, 0.717) is 25.3 Å². The van der Waals surface area contributed by atoms with Crippen molar-refractivity contribution < 1.29 is 17.9 Å². The first-order valence-corrected chi connectivity index (χ1v) is 10.8. The number of ketones is 1. The van der Waals surface area contributed by atoms with Gasteiger partial charge in [-0.05, 0) is 31.9 Å². The van der Waals surface area contributed by atoms with Gasteiger partial charge in [0.25, 0.3) is 0 Å². The van der Waals surface area contributed by atoms with E-state index in [2.05, 4.69) is 9.62 Å². The van der Waals surface area contributed by atoms with Gasteiger partial charge >= 0.3 is 0 Å². The second-order valence-electron chi connectivity index (χ2n) is 7.29. The molecule has 1 saturated heterocycles. The first-order chi connectivity index (χ1) is 12.4. The molecule has 0 radical (unpaired) electrons. The van der Waals surface area contributed by atoms with Crippen LogP contribution in [-0.2, 0) is 14.8 Å². The van der Waals surface area contributed by atoms with Crippen LogP contribution in [0.1, 0.15) is 49.4 Å². The van der Waals surface area contributed by atoms with Crippen molar-refractivity contribution in [2.75, 3.05) is 32.8 Å². The first-order valence-electron chi connectivity index (χ1n) is 9.36. The van der Waals surface area contributed by atoms with Gasteiger partial charge < -0.3 is 4.74 Å². The topological polar surface area (TPSA) is 75.7 Å². The molecule has 1 aliphatic carbocycles. The Morgan fingerprint density at radius 1 is 1.19 bits per heavy atom.